The van der Waals surface area contributed by atoms with Gasteiger partial charge in [0.05, 0.1) is 25.4 Å². The Kier molecular flexibility index (Phi) is 5.75. The highest BCUT2D eigenvalue weighted by Gasteiger charge is 2.42. The van der Waals surface area contributed by atoms with Gasteiger partial charge in [-0.25, -0.2) is 0 Å². The number of fused-ring (bicyclic) bond motifs is 4. The van der Waals surface area contributed by atoms with Gasteiger partial charge < -0.3 is 19.1 Å². The summed E-state index contributed by atoms with van der Waals surface area (Å²) in [5.41, 5.74) is 5.13. The van der Waals surface area contributed by atoms with E-state index in [1.54, 1.807) is 7.11 Å². The molecule has 2 unspecified atom stereocenters. The van der Waals surface area contributed by atoms with Gasteiger partial charge in [0.25, 0.3) is 0 Å². The Labute approximate surface area is 201 Å². The summed E-state index contributed by atoms with van der Waals surface area (Å²) in [6.07, 6.45) is 11.8. The Morgan fingerprint density at radius 3 is 2.94 bits per heavy atom. The second-order valence-corrected chi connectivity index (χ2v) is 9.68. The van der Waals surface area contributed by atoms with E-state index in [2.05, 4.69) is 53.5 Å². The molecule has 4 aliphatic rings. The quantitative estimate of drug-likeness (QED) is 0.649. The van der Waals surface area contributed by atoms with E-state index < -0.39 is 0 Å². The van der Waals surface area contributed by atoms with Crippen LogP contribution in [0.4, 0.5) is 0 Å². The molecule has 4 heterocycles. The minimum absolute atomic E-state index is 0.0716. The lowest BCUT2D eigenvalue weighted by molar-refractivity contribution is -0.0785. The molecule has 2 aromatic carbocycles. The van der Waals surface area contributed by atoms with Gasteiger partial charge in [-0.2, -0.15) is 0 Å². The number of dihydropyridines is 1. The average Bonchev–Trinajstić information content (AvgIpc) is 3.16. The molecule has 4 aliphatic heterocycles. The molecule has 0 bridgehead atoms. The molecule has 1 fully saturated rings. The Balaban J connectivity index is 1.17. The van der Waals surface area contributed by atoms with Crippen LogP contribution in [0.15, 0.2) is 65.7 Å². The molecular formula is C29H32N2O3. The number of rotatable bonds is 4. The third-order valence-corrected chi connectivity index (χ3v) is 7.85. The van der Waals surface area contributed by atoms with Gasteiger partial charge in [-0.05, 0) is 60.2 Å². The minimum atomic E-state index is -0.0716. The SMILES string of the molecule is COc1ccc2c(c1)C(=CCCN1CCC3(CC1)OCc1ccccc13)C1C=CC=NC1CO2. The van der Waals surface area contributed by atoms with Crippen LogP contribution in [0, 0.1) is 5.92 Å². The topological polar surface area (TPSA) is 43.3 Å². The molecule has 0 radical (unpaired) electrons. The molecule has 0 aliphatic carbocycles. The zero-order valence-corrected chi connectivity index (χ0v) is 19.8. The fourth-order valence-corrected chi connectivity index (χ4v) is 5.93. The lowest BCUT2D eigenvalue weighted by Crippen LogP contribution is -2.42. The summed E-state index contributed by atoms with van der Waals surface area (Å²) < 4.78 is 18.0. The van der Waals surface area contributed by atoms with Crippen LogP contribution in [0.2, 0.25) is 0 Å². The second-order valence-electron chi connectivity index (χ2n) is 9.68. The van der Waals surface area contributed by atoms with Gasteiger partial charge in [-0.15, -0.1) is 0 Å². The number of nitrogens with zero attached hydrogens (tertiary/aromatic N) is 2. The van der Waals surface area contributed by atoms with E-state index in [0.717, 1.165) is 62.6 Å². The maximum Gasteiger partial charge on any atom is 0.127 e. The van der Waals surface area contributed by atoms with Crippen LogP contribution in [0.25, 0.3) is 5.57 Å². The van der Waals surface area contributed by atoms with Crippen LogP contribution in [0.1, 0.15) is 36.0 Å². The number of allylic oxidation sites excluding steroid dienone is 1. The van der Waals surface area contributed by atoms with Gasteiger partial charge >= 0.3 is 0 Å². The first kappa shape index (κ1) is 21.6. The number of ether oxygens (including phenoxy) is 3. The minimum Gasteiger partial charge on any atom is -0.497 e. The molecule has 2 atom stereocenters. The predicted molar refractivity (Wildman–Crippen MR) is 135 cm³/mol. The van der Waals surface area contributed by atoms with Crippen molar-refractivity contribution in [1.82, 2.24) is 4.90 Å². The molecule has 176 valence electrons. The van der Waals surface area contributed by atoms with Gasteiger partial charge in [0.2, 0.25) is 0 Å². The summed E-state index contributed by atoms with van der Waals surface area (Å²) in [6.45, 7) is 4.54. The van der Waals surface area contributed by atoms with Crippen molar-refractivity contribution < 1.29 is 14.2 Å². The molecule has 0 aromatic heterocycles. The van der Waals surface area contributed by atoms with E-state index >= 15 is 0 Å². The standard InChI is InChI=1S/C29H32N2O3/c1-32-22-10-11-28-25(18-22)23(24-7-4-14-30-27(24)20-33-28)8-5-15-31-16-12-29(13-17-31)26-9-3-2-6-21(26)19-34-29/h2-4,6-11,14,18,24,27H,5,12-13,15-17,19-20H2,1H3. The molecule has 0 saturated carbocycles. The summed E-state index contributed by atoms with van der Waals surface area (Å²) >= 11 is 0. The van der Waals surface area contributed by atoms with Crippen LogP contribution >= 0.6 is 0 Å². The fraction of sp³-hybridized carbons (Fsp3) is 0.414. The van der Waals surface area contributed by atoms with Crippen LogP contribution in [0.3, 0.4) is 0 Å². The molecular weight excluding hydrogens is 424 g/mol. The monoisotopic (exact) mass is 456 g/mol. The third kappa shape index (κ3) is 3.87. The molecule has 1 spiro atoms. The van der Waals surface area contributed by atoms with E-state index in [9.17, 15) is 0 Å². The maximum absolute atomic E-state index is 6.35. The number of methoxy groups -OCH3 is 1. The van der Waals surface area contributed by atoms with Crippen molar-refractivity contribution >= 4 is 11.8 Å². The largest absolute Gasteiger partial charge is 0.497 e. The Morgan fingerprint density at radius 2 is 2.06 bits per heavy atom. The highest BCUT2D eigenvalue weighted by molar-refractivity contribution is 5.80. The van der Waals surface area contributed by atoms with Crippen LogP contribution < -0.4 is 9.47 Å². The summed E-state index contributed by atoms with van der Waals surface area (Å²) in [6, 6.07) is 15.0. The van der Waals surface area contributed by atoms with Gasteiger partial charge in [0.15, 0.2) is 0 Å². The van der Waals surface area contributed by atoms with Crippen LogP contribution in [-0.4, -0.2) is 50.5 Å². The summed E-state index contributed by atoms with van der Waals surface area (Å²) in [5, 5.41) is 0. The molecule has 2 aromatic rings. The summed E-state index contributed by atoms with van der Waals surface area (Å²) in [5.74, 6) is 2.00. The van der Waals surface area contributed by atoms with Gasteiger partial charge in [-0.1, -0.05) is 36.4 Å². The molecule has 0 N–H and O–H groups in total. The molecule has 5 heteroatoms. The van der Waals surface area contributed by atoms with Crippen molar-refractivity contribution in [1.29, 1.82) is 0 Å². The second kappa shape index (κ2) is 9.05. The smallest absolute Gasteiger partial charge is 0.127 e. The third-order valence-electron chi connectivity index (χ3n) is 7.85. The van der Waals surface area contributed by atoms with Crippen molar-refractivity contribution in [2.45, 2.75) is 37.5 Å². The molecule has 6 rings (SSSR count). The van der Waals surface area contributed by atoms with Crippen molar-refractivity contribution in [3.63, 3.8) is 0 Å². The van der Waals surface area contributed by atoms with Gasteiger partial charge in [0.1, 0.15) is 18.1 Å². The number of piperidine rings is 1. The number of hydrogen-bond acceptors (Lipinski definition) is 5. The number of aliphatic imine (C=N–C) groups is 1. The first-order valence-electron chi connectivity index (χ1n) is 12.4. The normalized spacial score (nSPS) is 26.0. The van der Waals surface area contributed by atoms with Crippen LogP contribution in [0.5, 0.6) is 11.5 Å². The lowest BCUT2D eigenvalue weighted by atomic mass is 9.83. The van der Waals surface area contributed by atoms with Crippen molar-refractivity contribution in [3.8, 4) is 11.5 Å². The molecule has 34 heavy (non-hydrogen) atoms. The van der Waals surface area contributed by atoms with Crippen molar-refractivity contribution in [2.75, 3.05) is 33.4 Å². The van der Waals surface area contributed by atoms with E-state index in [1.165, 1.54) is 16.7 Å². The van der Waals surface area contributed by atoms with Crippen molar-refractivity contribution in [3.05, 3.63) is 77.4 Å². The summed E-state index contributed by atoms with van der Waals surface area (Å²) in [4.78, 5) is 7.29. The van der Waals surface area contributed by atoms with Gasteiger partial charge in [0, 0.05) is 37.3 Å². The van der Waals surface area contributed by atoms with Crippen molar-refractivity contribution in [2.24, 2.45) is 10.9 Å². The number of benzene rings is 2. The molecule has 0 amide bonds. The molecule has 5 nitrogen and oxygen atoms in total. The lowest BCUT2D eigenvalue weighted by Gasteiger charge is -2.39. The van der Waals surface area contributed by atoms with E-state index in [4.69, 9.17) is 19.2 Å². The Hall–Kier alpha value is -2.89. The van der Waals surface area contributed by atoms with E-state index in [-0.39, 0.29) is 17.6 Å². The van der Waals surface area contributed by atoms with Gasteiger partial charge in [-0.3, -0.25) is 4.99 Å². The highest BCUT2D eigenvalue weighted by atomic mass is 16.5. The zero-order valence-electron chi connectivity index (χ0n) is 19.8. The zero-order chi connectivity index (χ0) is 23.0. The number of likely N-dealkylation sites (tertiary alicyclic amines) is 1. The fourth-order valence-electron chi connectivity index (χ4n) is 5.93. The first-order valence-corrected chi connectivity index (χ1v) is 12.4. The average molecular weight is 457 g/mol. The van der Waals surface area contributed by atoms with E-state index in [1.807, 2.05) is 18.3 Å². The number of hydrogen-bond donors (Lipinski definition) is 0. The Morgan fingerprint density at radius 1 is 1.18 bits per heavy atom. The summed E-state index contributed by atoms with van der Waals surface area (Å²) in [7, 11) is 1.71. The first-order chi connectivity index (χ1) is 16.8. The van der Waals surface area contributed by atoms with E-state index in [0.29, 0.717) is 6.61 Å². The molecule has 1 saturated heterocycles. The maximum atomic E-state index is 6.35. The predicted octanol–water partition coefficient (Wildman–Crippen LogP) is 5.01. The highest BCUT2D eigenvalue weighted by Crippen LogP contribution is 2.44. The van der Waals surface area contributed by atoms with Crippen LogP contribution in [-0.2, 0) is 16.9 Å². The Bertz CT molecular complexity index is 1140.